The third-order valence-electron chi connectivity index (χ3n) is 3.50. The monoisotopic (exact) mass is 265 g/mol. The molecule has 2 rings (SSSR count). The Morgan fingerprint density at radius 2 is 2.26 bits per heavy atom. The molecule has 7 heteroatoms. The maximum Gasteiger partial charge on any atom is 0.311 e. The molecule has 7 nitrogen and oxygen atoms in total. The predicted molar refractivity (Wildman–Crippen MR) is 73.7 cm³/mol. The van der Waals surface area contributed by atoms with Gasteiger partial charge < -0.3 is 10.7 Å². The Hall–Kier alpha value is -1.89. The second-order valence-corrected chi connectivity index (χ2v) is 5.08. The van der Waals surface area contributed by atoms with Gasteiger partial charge in [-0.15, -0.1) is 0 Å². The van der Waals surface area contributed by atoms with E-state index in [2.05, 4.69) is 22.7 Å². The standard InChI is InChI=1S/C12H19N5O2/c1-8-3-2-4-9(7-8)14-12-10(17(18)19)5-6-11(15-12)16-13/h5-6,8-9H,2-4,7,13H2,1H3,(H2,14,15,16). The first kappa shape index (κ1) is 13.5. The minimum absolute atomic E-state index is 0.0165. The normalized spacial score (nSPS) is 22.8. The van der Waals surface area contributed by atoms with Crippen LogP contribution in [-0.2, 0) is 0 Å². The summed E-state index contributed by atoms with van der Waals surface area (Å²) < 4.78 is 0. The van der Waals surface area contributed by atoms with Gasteiger partial charge in [0.1, 0.15) is 5.82 Å². The van der Waals surface area contributed by atoms with Crippen LogP contribution in [0.15, 0.2) is 12.1 Å². The number of hydrogen-bond acceptors (Lipinski definition) is 6. The molecule has 104 valence electrons. The van der Waals surface area contributed by atoms with Crippen LogP contribution < -0.4 is 16.6 Å². The Morgan fingerprint density at radius 1 is 1.47 bits per heavy atom. The number of nitrogens with one attached hydrogen (secondary N) is 2. The lowest BCUT2D eigenvalue weighted by molar-refractivity contribution is -0.384. The highest BCUT2D eigenvalue weighted by Gasteiger charge is 2.23. The van der Waals surface area contributed by atoms with Gasteiger partial charge in [0.05, 0.1) is 4.92 Å². The van der Waals surface area contributed by atoms with Crippen LogP contribution in [0.25, 0.3) is 0 Å². The first-order chi connectivity index (χ1) is 9.10. The summed E-state index contributed by atoms with van der Waals surface area (Å²) in [6.45, 7) is 2.20. The van der Waals surface area contributed by atoms with Crippen molar-refractivity contribution in [2.45, 2.75) is 38.6 Å². The number of nitrogen functional groups attached to an aromatic ring is 1. The van der Waals surface area contributed by atoms with Crippen LogP contribution in [0.5, 0.6) is 0 Å². The topological polar surface area (TPSA) is 106 Å². The van der Waals surface area contributed by atoms with Crippen LogP contribution in [0.4, 0.5) is 17.3 Å². The van der Waals surface area contributed by atoms with Crippen molar-refractivity contribution in [1.29, 1.82) is 0 Å². The van der Waals surface area contributed by atoms with E-state index in [-0.39, 0.29) is 11.7 Å². The molecule has 1 aromatic heterocycles. The summed E-state index contributed by atoms with van der Waals surface area (Å²) in [6.07, 6.45) is 4.39. The van der Waals surface area contributed by atoms with Gasteiger partial charge in [0, 0.05) is 12.1 Å². The molecule has 0 radical (unpaired) electrons. The molecule has 19 heavy (non-hydrogen) atoms. The van der Waals surface area contributed by atoms with Gasteiger partial charge in [0.15, 0.2) is 0 Å². The molecule has 0 aliphatic heterocycles. The molecule has 2 atom stereocenters. The molecule has 0 spiro atoms. The highest BCUT2D eigenvalue weighted by molar-refractivity contribution is 5.60. The SMILES string of the molecule is CC1CCCC(Nc2nc(NN)ccc2[N+](=O)[O-])C1. The molecular weight excluding hydrogens is 246 g/mol. The quantitative estimate of drug-likeness (QED) is 0.438. The van der Waals surface area contributed by atoms with Crippen molar-refractivity contribution in [3.8, 4) is 0 Å². The fourth-order valence-electron chi connectivity index (χ4n) is 2.54. The van der Waals surface area contributed by atoms with Crippen LogP contribution in [0.2, 0.25) is 0 Å². The molecule has 1 aliphatic carbocycles. The second-order valence-electron chi connectivity index (χ2n) is 5.08. The van der Waals surface area contributed by atoms with E-state index in [0.29, 0.717) is 17.6 Å². The summed E-state index contributed by atoms with van der Waals surface area (Å²) in [5, 5.41) is 14.2. The van der Waals surface area contributed by atoms with E-state index in [0.717, 1.165) is 19.3 Å². The summed E-state index contributed by atoms with van der Waals surface area (Å²) in [5.41, 5.74) is 2.39. The van der Waals surface area contributed by atoms with Gasteiger partial charge in [-0.25, -0.2) is 10.8 Å². The minimum atomic E-state index is -0.429. The van der Waals surface area contributed by atoms with Crippen molar-refractivity contribution in [3.05, 3.63) is 22.2 Å². The average Bonchev–Trinajstić information content (AvgIpc) is 2.38. The van der Waals surface area contributed by atoms with E-state index in [1.807, 2.05) is 0 Å². The summed E-state index contributed by atoms with van der Waals surface area (Å²) in [6, 6.07) is 3.15. The van der Waals surface area contributed by atoms with Crippen molar-refractivity contribution < 1.29 is 4.92 Å². The van der Waals surface area contributed by atoms with E-state index in [1.54, 1.807) is 0 Å². The highest BCUT2D eigenvalue weighted by Crippen LogP contribution is 2.29. The maximum absolute atomic E-state index is 11.0. The summed E-state index contributed by atoms with van der Waals surface area (Å²) in [4.78, 5) is 14.7. The van der Waals surface area contributed by atoms with Gasteiger partial charge in [0.2, 0.25) is 5.82 Å². The number of hydrogen-bond donors (Lipinski definition) is 3. The van der Waals surface area contributed by atoms with Crippen molar-refractivity contribution in [2.75, 3.05) is 10.7 Å². The summed E-state index contributed by atoms with van der Waals surface area (Å²) in [5.74, 6) is 6.64. The Bertz CT molecular complexity index is 465. The zero-order chi connectivity index (χ0) is 13.8. The van der Waals surface area contributed by atoms with Gasteiger partial charge in [-0.2, -0.15) is 0 Å². The van der Waals surface area contributed by atoms with E-state index in [1.165, 1.54) is 18.6 Å². The molecule has 1 saturated carbocycles. The first-order valence-corrected chi connectivity index (χ1v) is 6.48. The number of aromatic nitrogens is 1. The number of nitrogens with zero attached hydrogens (tertiary/aromatic N) is 2. The number of pyridine rings is 1. The van der Waals surface area contributed by atoms with E-state index in [9.17, 15) is 10.1 Å². The van der Waals surface area contributed by atoms with Gasteiger partial charge in [-0.1, -0.05) is 19.8 Å². The lowest BCUT2D eigenvalue weighted by Gasteiger charge is -2.27. The smallest absolute Gasteiger partial charge is 0.311 e. The molecule has 2 unspecified atom stereocenters. The van der Waals surface area contributed by atoms with Gasteiger partial charge in [-0.3, -0.25) is 10.1 Å². The fraction of sp³-hybridized carbons (Fsp3) is 0.583. The summed E-state index contributed by atoms with van der Waals surface area (Å²) in [7, 11) is 0. The Balaban J connectivity index is 2.19. The van der Waals surface area contributed by atoms with E-state index >= 15 is 0 Å². The third-order valence-corrected chi connectivity index (χ3v) is 3.50. The van der Waals surface area contributed by atoms with E-state index < -0.39 is 4.92 Å². The molecular formula is C12H19N5O2. The lowest BCUT2D eigenvalue weighted by Crippen LogP contribution is -2.27. The number of nitrogens with two attached hydrogens (primary N) is 1. The molecule has 0 aromatic carbocycles. The van der Waals surface area contributed by atoms with Crippen LogP contribution in [0.1, 0.15) is 32.6 Å². The van der Waals surface area contributed by atoms with Crippen molar-refractivity contribution in [1.82, 2.24) is 4.98 Å². The van der Waals surface area contributed by atoms with Crippen LogP contribution >= 0.6 is 0 Å². The number of rotatable bonds is 4. The number of anilines is 2. The van der Waals surface area contributed by atoms with Crippen molar-refractivity contribution in [3.63, 3.8) is 0 Å². The van der Waals surface area contributed by atoms with Crippen LogP contribution in [0.3, 0.4) is 0 Å². The Kier molecular flexibility index (Phi) is 4.16. The number of hydrazine groups is 1. The molecule has 1 aliphatic rings. The Morgan fingerprint density at radius 3 is 2.89 bits per heavy atom. The molecule has 0 bridgehead atoms. The lowest BCUT2D eigenvalue weighted by atomic mass is 9.87. The molecule has 1 aromatic rings. The first-order valence-electron chi connectivity index (χ1n) is 6.48. The molecule has 0 saturated heterocycles. The van der Waals surface area contributed by atoms with Gasteiger partial charge >= 0.3 is 5.69 Å². The molecule has 4 N–H and O–H groups in total. The zero-order valence-electron chi connectivity index (χ0n) is 10.9. The molecule has 0 amide bonds. The molecule has 1 heterocycles. The van der Waals surface area contributed by atoms with Crippen LogP contribution in [-0.4, -0.2) is 15.9 Å². The number of nitro groups is 1. The second kappa shape index (κ2) is 5.83. The van der Waals surface area contributed by atoms with E-state index in [4.69, 9.17) is 5.84 Å². The maximum atomic E-state index is 11.0. The minimum Gasteiger partial charge on any atom is -0.362 e. The predicted octanol–water partition coefficient (Wildman–Crippen LogP) is 2.27. The fourth-order valence-corrected chi connectivity index (χ4v) is 2.54. The van der Waals surface area contributed by atoms with Crippen molar-refractivity contribution >= 4 is 17.3 Å². The molecule has 1 fully saturated rings. The summed E-state index contributed by atoms with van der Waals surface area (Å²) >= 11 is 0. The zero-order valence-corrected chi connectivity index (χ0v) is 10.9. The third kappa shape index (κ3) is 3.31. The van der Waals surface area contributed by atoms with Crippen LogP contribution in [0, 0.1) is 16.0 Å². The van der Waals surface area contributed by atoms with Crippen molar-refractivity contribution in [2.24, 2.45) is 11.8 Å². The average molecular weight is 265 g/mol. The van der Waals surface area contributed by atoms with Gasteiger partial charge in [0.25, 0.3) is 0 Å². The highest BCUT2D eigenvalue weighted by atomic mass is 16.6. The largest absolute Gasteiger partial charge is 0.362 e. The Labute approximate surface area is 111 Å². The van der Waals surface area contributed by atoms with Gasteiger partial charge in [-0.05, 0) is 24.8 Å².